The number of hydrogen-bond acceptors (Lipinski definition) is 5. The van der Waals surface area contributed by atoms with Gasteiger partial charge in [-0.15, -0.1) is 0 Å². The molecule has 0 bridgehead atoms. The van der Waals surface area contributed by atoms with Gasteiger partial charge in [-0.25, -0.2) is 12.8 Å². The number of rotatable bonds is 5. The molecule has 1 amide bonds. The number of halogens is 1. The number of aliphatic hydroxyl groups excluding tert-OH is 1. The molecule has 0 saturated heterocycles. The normalized spacial score (nSPS) is 21.6. The van der Waals surface area contributed by atoms with Crippen molar-refractivity contribution in [3.8, 4) is 16.9 Å². The van der Waals surface area contributed by atoms with Gasteiger partial charge in [0, 0.05) is 32.5 Å². The average Bonchev–Trinajstić information content (AvgIpc) is 2.75. The van der Waals surface area contributed by atoms with Gasteiger partial charge in [0.2, 0.25) is 15.9 Å². The summed E-state index contributed by atoms with van der Waals surface area (Å²) in [4.78, 5) is 13.3. The minimum absolute atomic E-state index is 0.00830. The van der Waals surface area contributed by atoms with Gasteiger partial charge in [0.15, 0.2) is 0 Å². The van der Waals surface area contributed by atoms with Crippen LogP contribution in [0.25, 0.3) is 11.1 Å². The molecule has 32 heavy (non-hydrogen) atoms. The first-order valence-corrected chi connectivity index (χ1v) is 11.9. The van der Waals surface area contributed by atoms with Crippen LogP contribution in [0, 0.1) is 11.7 Å². The molecule has 7 nitrogen and oxygen atoms in total. The summed E-state index contributed by atoms with van der Waals surface area (Å²) in [5.41, 5.74) is 1.39. The van der Waals surface area contributed by atoms with Crippen molar-refractivity contribution in [3.63, 3.8) is 0 Å². The summed E-state index contributed by atoms with van der Waals surface area (Å²) in [5, 5.41) is 9.69. The Hall–Kier alpha value is -2.49. The molecule has 1 aliphatic rings. The number of ether oxygens (including phenoxy) is 1. The van der Waals surface area contributed by atoms with Crippen molar-refractivity contribution < 1.29 is 27.4 Å². The second-order valence-electron chi connectivity index (χ2n) is 8.31. The van der Waals surface area contributed by atoms with Gasteiger partial charge >= 0.3 is 0 Å². The van der Waals surface area contributed by atoms with Crippen molar-refractivity contribution in [2.24, 2.45) is 5.92 Å². The van der Waals surface area contributed by atoms with Gasteiger partial charge in [-0.2, -0.15) is 4.31 Å². The smallest absolute Gasteiger partial charge is 0.247 e. The molecule has 0 unspecified atom stereocenters. The van der Waals surface area contributed by atoms with Crippen LogP contribution >= 0.6 is 0 Å². The van der Waals surface area contributed by atoms with E-state index in [2.05, 4.69) is 0 Å². The second-order valence-corrected chi connectivity index (χ2v) is 10.2. The first-order valence-electron chi connectivity index (χ1n) is 10.5. The highest BCUT2D eigenvalue weighted by molar-refractivity contribution is 7.89. The number of fused-ring (bicyclic) bond motifs is 1. The van der Waals surface area contributed by atoms with Gasteiger partial charge in [0.05, 0.1) is 13.2 Å². The summed E-state index contributed by atoms with van der Waals surface area (Å²) in [6, 6.07) is 10.0. The van der Waals surface area contributed by atoms with Gasteiger partial charge in [0.25, 0.3) is 0 Å². The second kappa shape index (κ2) is 9.56. The van der Waals surface area contributed by atoms with Crippen molar-refractivity contribution in [1.82, 2.24) is 9.21 Å². The zero-order valence-electron chi connectivity index (χ0n) is 18.7. The SMILES string of the molecule is CC(=O)N(C)C[C@@H]1Oc2cc(-c3ccc(F)cc3)ccc2S(=O)(=O)N([C@@H](C)CO)C[C@@H]1C. The molecule has 0 aliphatic carbocycles. The lowest BCUT2D eigenvalue weighted by Gasteiger charge is -2.37. The van der Waals surface area contributed by atoms with Gasteiger partial charge < -0.3 is 14.7 Å². The molecular formula is C23H29FN2O5S. The molecule has 0 spiro atoms. The number of aliphatic hydroxyl groups is 1. The Morgan fingerprint density at radius 1 is 1.25 bits per heavy atom. The van der Waals surface area contributed by atoms with Crippen LogP contribution in [0.3, 0.4) is 0 Å². The lowest BCUT2D eigenvalue weighted by atomic mass is 10.0. The first kappa shape index (κ1) is 24.2. The summed E-state index contributed by atoms with van der Waals surface area (Å²) in [5.74, 6) is -0.594. The lowest BCUT2D eigenvalue weighted by Crippen LogP contribution is -2.50. The topological polar surface area (TPSA) is 87.2 Å². The third-order valence-corrected chi connectivity index (χ3v) is 7.86. The van der Waals surface area contributed by atoms with Crippen LogP contribution in [-0.4, -0.2) is 67.5 Å². The summed E-state index contributed by atoms with van der Waals surface area (Å²) in [6.45, 7) is 5.06. The summed E-state index contributed by atoms with van der Waals surface area (Å²) in [6.07, 6.45) is -0.477. The Bertz CT molecular complexity index is 1070. The van der Waals surface area contributed by atoms with Crippen LogP contribution in [-0.2, 0) is 14.8 Å². The molecule has 1 heterocycles. The van der Waals surface area contributed by atoms with Crippen molar-refractivity contribution in [1.29, 1.82) is 0 Å². The van der Waals surface area contributed by atoms with Crippen LogP contribution in [0.2, 0.25) is 0 Å². The predicted octanol–water partition coefficient (Wildman–Crippen LogP) is 2.74. The van der Waals surface area contributed by atoms with E-state index in [9.17, 15) is 22.7 Å². The minimum Gasteiger partial charge on any atom is -0.487 e. The molecule has 0 saturated carbocycles. The van der Waals surface area contributed by atoms with E-state index in [-0.39, 0.29) is 48.0 Å². The van der Waals surface area contributed by atoms with Crippen LogP contribution in [0.5, 0.6) is 5.75 Å². The summed E-state index contributed by atoms with van der Waals surface area (Å²) < 4.78 is 47.8. The number of amides is 1. The minimum atomic E-state index is -3.95. The van der Waals surface area contributed by atoms with E-state index < -0.39 is 22.2 Å². The van der Waals surface area contributed by atoms with E-state index in [1.807, 2.05) is 6.92 Å². The summed E-state index contributed by atoms with van der Waals surface area (Å²) >= 11 is 0. The predicted molar refractivity (Wildman–Crippen MR) is 119 cm³/mol. The van der Waals surface area contributed by atoms with Crippen LogP contribution in [0.4, 0.5) is 4.39 Å². The molecular weight excluding hydrogens is 435 g/mol. The molecule has 0 radical (unpaired) electrons. The van der Waals surface area contributed by atoms with Gasteiger partial charge in [-0.3, -0.25) is 4.79 Å². The van der Waals surface area contributed by atoms with E-state index in [1.165, 1.54) is 34.3 Å². The van der Waals surface area contributed by atoms with Crippen LogP contribution in [0.15, 0.2) is 47.4 Å². The van der Waals surface area contributed by atoms with Crippen LogP contribution in [0.1, 0.15) is 20.8 Å². The molecule has 0 fully saturated rings. The first-order chi connectivity index (χ1) is 15.0. The fourth-order valence-corrected chi connectivity index (χ4v) is 5.49. The molecule has 0 aromatic heterocycles. The molecule has 3 atom stereocenters. The standard InChI is InChI=1S/C23H29FN2O5S/c1-15-12-26(16(2)14-27)32(29,30)23-10-7-19(18-5-8-20(24)9-6-18)11-21(23)31-22(15)13-25(4)17(3)28/h5-11,15-16,22,27H,12-14H2,1-4H3/t15-,16-,22-/m0/s1. The highest BCUT2D eigenvalue weighted by atomic mass is 32.2. The monoisotopic (exact) mass is 464 g/mol. The van der Waals surface area contributed by atoms with E-state index in [4.69, 9.17) is 4.74 Å². The quantitative estimate of drug-likeness (QED) is 0.735. The van der Waals surface area contributed by atoms with Gasteiger partial charge in [-0.05, 0) is 42.3 Å². The highest BCUT2D eigenvalue weighted by Crippen LogP contribution is 2.36. The maximum absolute atomic E-state index is 13.5. The number of carbonyl (C=O) groups is 1. The number of sulfonamides is 1. The van der Waals surface area contributed by atoms with Crippen molar-refractivity contribution in [2.75, 3.05) is 26.7 Å². The maximum atomic E-state index is 13.5. The number of carbonyl (C=O) groups excluding carboxylic acids is 1. The highest BCUT2D eigenvalue weighted by Gasteiger charge is 2.38. The van der Waals surface area contributed by atoms with Crippen molar-refractivity contribution in [2.45, 2.75) is 37.8 Å². The molecule has 9 heteroatoms. The maximum Gasteiger partial charge on any atom is 0.247 e. The van der Waals surface area contributed by atoms with E-state index in [0.717, 1.165) is 0 Å². The number of nitrogens with zero attached hydrogens (tertiary/aromatic N) is 2. The molecule has 3 rings (SSSR count). The van der Waals surface area contributed by atoms with Crippen molar-refractivity contribution in [3.05, 3.63) is 48.3 Å². The zero-order valence-corrected chi connectivity index (χ0v) is 19.5. The molecule has 174 valence electrons. The Labute approximate surface area is 188 Å². The largest absolute Gasteiger partial charge is 0.487 e. The molecule has 1 aliphatic heterocycles. The lowest BCUT2D eigenvalue weighted by molar-refractivity contribution is -0.129. The Morgan fingerprint density at radius 2 is 1.88 bits per heavy atom. The Morgan fingerprint density at radius 3 is 2.47 bits per heavy atom. The number of hydrogen-bond donors (Lipinski definition) is 1. The van der Waals surface area contributed by atoms with E-state index in [1.54, 1.807) is 38.2 Å². The Kier molecular flexibility index (Phi) is 7.22. The fraction of sp³-hybridized carbons (Fsp3) is 0.435. The van der Waals surface area contributed by atoms with Crippen molar-refractivity contribution >= 4 is 15.9 Å². The molecule has 2 aromatic carbocycles. The van der Waals surface area contributed by atoms with Crippen LogP contribution < -0.4 is 4.74 Å². The molecule has 1 N–H and O–H groups in total. The Balaban J connectivity index is 2.13. The zero-order chi connectivity index (χ0) is 23.6. The third kappa shape index (κ3) is 4.95. The number of likely N-dealkylation sites (N-methyl/N-ethyl adjacent to an activating group) is 1. The van der Waals surface area contributed by atoms with E-state index >= 15 is 0 Å². The average molecular weight is 465 g/mol. The van der Waals surface area contributed by atoms with Gasteiger partial charge in [0.1, 0.15) is 22.6 Å². The molecule has 2 aromatic rings. The van der Waals surface area contributed by atoms with Gasteiger partial charge in [-0.1, -0.05) is 25.1 Å². The number of benzene rings is 2. The van der Waals surface area contributed by atoms with E-state index in [0.29, 0.717) is 11.1 Å². The fourth-order valence-electron chi connectivity index (χ4n) is 3.66. The summed E-state index contributed by atoms with van der Waals surface area (Å²) in [7, 11) is -2.29. The third-order valence-electron chi connectivity index (χ3n) is 5.84.